The van der Waals surface area contributed by atoms with Crippen molar-refractivity contribution >= 4 is 6.29 Å². The van der Waals surface area contributed by atoms with Gasteiger partial charge in [-0.3, -0.25) is 4.79 Å². The van der Waals surface area contributed by atoms with E-state index < -0.39 is 11.7 Å². The van der Waals surface area contributed by atoms with E-state index in [1.165, 1.54) is 0 Å². The first-order valence-corrected chi connectivity index (χ1v) is 2.41. The maximum absolute atomic E-state index is 9.77. The van der Waals surface area contributed by atoms with Crippen molar-refractivity contribution in [2.75, 3.05) is 0 Å². The Labute approximate surface area is 47.9 Å². The minimum Gasteiger partial charge on any atom is -0.360 e. The van der Waals surface area contributed by atoms with Crippen LogP contribution >= 0.6 is 0 Å². The maximum atomic E-state index is 9.77. The maximum Gasteiger partial charge on any atom is 0.223 e. The van der Waals surface area contributed by atoms with Gasteiger partial charge in [-0.05, 0) is 0 Å². The van der Waals surface area contributed by atoms with E-state index in [2.05, 4.69) is 0 Å². The second-order valence-corrected chi connectivity index (χ2v) is 2.06. The van der Waals surface area contributed by atoms with E-state index in [0.717, 1.165) is 0 Å². The number of carbonyl (C=O) groups is 1. The van der Waals surface area contributed by atoms with Gasteiger partial charge in [-0.15, -0.1) is 0 Å². The second-order valence-electron chi connectivity index (χ2n) is 2.06. The van der Waals surface area contributed by atoms with Gasteiger partial charge in [-0.1, -0.05) is 13.8 Å². The van der Waals surface area contributed by atoms with Crippen molar-refractivity contribution in [3.63, 3.8) is 0 Å². The third-order valence-corrected chi connectivity index (χ3v) is 1.02. The van der Waals surface area contributed by atoms with Crippen molar-refractivity contribution < 1.29 is 15.0 Å². The quantitative estimate of drug-likeness (QED) is 0.380. The molecule has 0 heterocycles. The Morgan fingerprint density at radius 2 is 1.88 bits per heavy atom. The van der Waals surface area contributed by atoms with Crippen LogP contribution in [0.4, 0.5) is 0 Å². The molecule has 48 valence electrons. The van der Waals surface area contributed by atoms with Crippen molar-refractivity contribution in [2.45, 2.75) is 19.6 Å². The van der Waals surface area contributed by atoms with Crippen molar-refractivity contribution in [2.24, 2.45) is 5.92 Å². The number of aldehydes is 1. The summed E-state index contributed by atoms with van der Waals surface area (Å²) in [6.07, 6.45) is 0.123. The molecule has 0 spiro atoms. The fraction of sp³-hybridized carbons (Fsp3) is 0.800. The van der Waals surface area contributed by atoms with Gasteiger partial charge in [0.05, 0.1) is 0 Å². The summed E-state index contributed by atoms with van der Waals surface area (Å²) in [4.78, 5) is 9.77. The molecule has 0 bridgehead atoms. The van der Waals surface area contributed by atoms with Gasteiger partial charge in [0, 0.05) is 5.92 Å². The lowest BCUT2D eigenvalue weighted by Gasteiger charge is -2.17. The molecule has 0 saturated carbocycles. The minimum atomic E-state index is -2.14. The van der Waals surface area contributed by atoms with Crippen LogP contribution in [0.15, 0.2) is 0 Å². The Balaban J connectivity index is 3.90. The van der Waals surface area contributed by atoms with E-state index >= 15 is 0 Å². The highest BCUT2D eigenvalue weighted by Crippen LogP contribution is 2.08. The lowest BCUT2D eigenvalue weighted by Crippen LogP contribution is -2.35. The van der Waals surface area contributed by atoms with Gasteiger partial charge in [0.15, 0.2) is 6.29 Å². The summed E-state index contributed by atoms with van der Waals surface area (Å²) < 4.78 is 0. The molecule has 3 nitrogen and oxygen atoms in total. The van der Waals surface area contributed by atoms with Gasteiger partial charge in [-0.25, -0.2) is 0 Å². The van der Waals surface area contributed by atoms with Crippen LogP contribution in [0.5, 0.6) is 0 Å². The Morgan fingerprint density at radius 1 is 1.50 bits per heavy atom. The summed E-state index contributed by atoms with van der Waals surface area (Å²) in [6, 6.07) is 0. The zero-order valence-electron chi connectivity index (χ0n) is 4.96. The molecule has 0 atom stereocenters. The third kappa shape index (κ3) is 1.60. The number of carbonyl (C=O) groups excluding carboxylic acids is 1. The molecule has 3 heteroatoms. The fourth-order valence-electron chi connectivity index (χ4n) is 0.136. The largest absolute Gasteiger partial charge is 0.360 e. The molecular formula is C5H10O3. The number of hydrogen-bond acceptors (Lipinski definition) is 3. The Hall–Kier alpha value is -0.410. The Bertz CT molecular complexity index is 85.7. The van der Waals surface area contributed by atoms with E-state index in [1.54, 1.807) is 13.8 Å². The minimum absolute atomic E-state index is 0.123. The highest BCUT2D eigenvalue weighted by Gasteiger charge is 2.25. The van der Waals surface area contributed by atoms with Crippen molar-refractivity contribution in [1.82, 2.24) is 0 Å². The van der Waals surface area contributed by atoms with E-state index in [9.17, 15) is 4.79 Å². The standard InChI is InChI=1S/C5H10O3/c1-4(2)5(7,8)3-6/h3-4,7-8H,1-2H3. The molecular weight excluding hydrogens is 108 g/mol. The van der Waals surface area contributed by atoms with Crippen LogP contribution < -0.4 is 0 Å². The molecule has 0 aliphatic heterocycles. The van der Waals surface area contributed by atoms with Gasteiger partial charge >= 0.3 is 0 Å². The van der Waals surface area contributed by atoms with E-state index in [4.69, 9.17) is 10.2 Å². The fourth-order valence-corrected chi connectivity index (χ4v) is 0.136. The number of hydrogen-bond donors (Lipinski definition) is 2. The van der Waals surface area contributed by atoms with Crippen LogP contribution in [0.25, 0.3) is 0 Å². The highest BCUT2D eigenvalue weighted by molar-refractivity contribution is 5.59. The number of aliphatic hydroxyl groups is 2. The van der Waals surface area contributed by atoms with Crippen LogP contribution in [0, 0.1) is 5.92 Å². The topological polar surface area (TPSA) is 57.5 Å². The molecule has 0 fully saturated rings. The monoisotopic (exact) mass is 118 g/mol. The average molecular weight is 118 g/mol. The zero-order chi connectivity index (χ0) is 6.78. The molecule has 0 aliphatic carbocycles. The molecule has 0 aromatic heterocycles. The normalized spacial score (nSPS) is 12.1. The molecule has 0 saturated heterocycles. The SMILES string of the molecule is CC(C)C(O)(O)C=O. The summed E-state index contributed by atoms with van der Waals surface area (Å²) in [5.41, 5.74) is 0. The summed E-state index contributed by atoms with van der Waals surface area (Å²) in [5.74, 6) is -2.58. The summed E-state index contributed by atoms with van der Waals surface area (Å²) in [5, 5.41) is 17.2. The van der Waals surface area contributed by atoms with Crippen molar-refractivity contribution in [3.05, 3.63) is 0 Å². The second kappa shape index (κ2) is 2.24. The van der Waals surface area contributed by atoms with E-state index in [1.807, 2.05) is 0 Å². The van der Waals surface area contributed by atoms with Gasteiger partial charge in [0.1, 0.15) is 0 Å². The smallest absolute Gasteiger partial charge is 0.223 e. The van der Waals surface area contributed by atoms with Gasteiger partial charge in [-0.2, -0.15) is 0 Å². The van der Waals surface area contributed by atoms with Gasteiger partial charge < -0.3 is 10.2 Å². The Morgan fingerprint density at radius 3 is 1.88 bits per heavy atom. The Kier molecular flexibility index (Phi) is 2.12. The van der Waals surface area contributed by atoms with E-state index in [-0.39, 0.29) is 6.29 Å². The van der Waals surface area contributed by atoms with Crippen LogP contribution in [0.1, 0.15) is 13.8 Å². The molecule has 2 N–H and O–H groups in total. The first-order chi connectivity index (χ1) is 3.50. The van der Waals surface area contributed by atoms with Crippen LogP contribution in [0.2, 0.25) is 0 Å². The molecule has 0 amide bonds. The molecule has 0 radical (unpaired) electrons. The third-order valence-electron chi connectivity index (χ3n) is 1.02. The summed E-state index contributed by atoms with van der Waals surface area (Å²) in [7, 11) is 0. The van der Waals surface area contributed by atoms with Crippen molar-refractivity contribution in [1.29, 1.82) is 0 Å². The van der Waals surface area contributed by atoms with Gasteiger partial charge in [0.2, 0.25) is 5.79 Å². The molecule has 0 aromatic rings. The summed E-state index contributed by atoms with van der Waals surface area (Å²) >= 11 is 0. The highest BCUT2D eigenvalue weighted by atomic mass is 16.5. The first kappa shape index (κ1) is 7.59. The molecule has 0 aliphatic rings. The molecule has 0 rings (SSSR count). The van der Waals surface area contributed by atoms with Crippen molar-refractivity contribution in [3.8, 4) is 0 Å². The van der Waals surface area contributed by atoms with E-state index in [0.29, 0.717) is 0 Å². The molecule has 0 aromatic carbocycles. The van der Waals surface area contributed by atoms with Crippen LogP contribution in [-0.2, 0) is 4.79 Å². The molecule has 0 unspecified atom stereocenters. The number of rotatable bonds is 2. The molecule has 8 heavy (non-hydrogen) atoms. The average Bonchev–Trinajstić information content (AvgIpc) is 1.67. The first-order valence-electron chi connectivity index (χ1n) is 2.41. The predicted octanol–water partition coefficient (Wildman–Crippen LogP) is -0.478. The zero-order valence-corrected chi connectivity index (χ0v) is 4.96. The van der Waals surface area contributed by atoms with Crippen LogP contribution in [-0.4, -0.2) is 22.3 Å². The van der Waals surface area contributed by atoms with Gasteiger partial charge in [0.25, 0.3) is 0 Å². The lowest BCUT2D eigenvalue weighted by molar-refractivity contribution is -0.185. The van der Waals surface area contributed by atoms with Crippen LogP contribution in [0.3, 0.4) is 0 Å². The summed E-state index contributed by atoms with van der Waals surface area (Å²) in [6.45, 7) is 3.10. The lowest BCUT2D eigenvalue weighted by atomic mass is 10.1. The predicted molar refractivity (Wildman–Crippen MR) is 28.1 cm³/mol.